The number of carbonyl (C=O) groups is 2. The van der Waals surface area contributed by atoms with Crippen molar-refractivity contribution in [1.82, 2.24) is 14.7 Å². The summed E-state index contributed by atoms with van der Waals surface area (Å²) in [5.74, 6) is -0.132. The van der Waals surface area contributed by atoms with Gasteiger partial charge < -0.3 is 9.80 Å². The molecule has 0 unspecified atom stereocenters. The van der Waals surface area contributed by atoms with Gasteiger partial charge in [0.1, 0.15) is 5.70 Å². The fraction of sp³-hybridized carbons (Fsp3) is 0.600. The number of rotatable bonds is 4. The molecule has 4 rings (SSSR count). The van der Waals surface area contributed by atoms with E-state index >= 15 is 0 Å². The molecule has 6 heteroatoms. The molecule has 0 atom stereocenters. The third-order valence-electron chi connectivity index (χ3n) is 5.93. The van der Waals surface area contributed by atoms with E-state index in [0.29, 0.717) is 11.3 Å². The molecule has 26 heavy (non-hydrogen) atoms. The van der Waals surface area contributed by atoms with Crippen LogP contribution in [0.2, 0.25) is 0 Å². The van der Waals surface area contributed by atoms with Crippen LogP contribution in [0.3, 0.4) is 0 Å². The van der Waals surface area contributed by atoms with Crippen molar-refractivity contribution in [3.8, 4) is 0 Å². The van der Waals surface area contributed by atoms with Crippen molar-refractivity contribution < 1.29 is 9.59 Å². The Hall–Kier alpha value is -1.66. The fourth-order valence-electron chi connectivity index (χ4n) is 4.43. The third kappa shape index (κ3) is 3.09. The summed E-state index contributed by atoms with van der Waals surface area (Å²) in [6.45, 7) is 6.73. The highest BCUT2D eigenvalue weighted by Gasteiger charge is 2.45. The Balaban J connectivity index is 1.67. The highest BCUT2D eigenvalue weighted by Crippen LogP contribution is 2.37. The first-order valence-corrected chi connectivity index (χ1v) is 10.7. The second kappa shape index (κ2) is 7.53. The molecule has 5 nitrogen and oxygen atoms in total. The van der Waals surface area contributed by atoms with E-state index in [4.69, 9.17) is 0 Å². The van der Waals surface area contributed by atoms with E-state index in [2.05, 4.69) is 16.7 Å². The van der Waals surface area contributed by atoms with Gasteiger partial charge in [0.25, 0.3) is 11.8 Å². The lowest BCUT2D eigenvalue weighted by molar-refractivity contribution is -0.141. The second-order valence-corrected chi connectivity index (χ2v) is 8.34. The van der Waals surface area contributed by atoms with Gasteiger partial charge >= 0.3 is 0 Å². The summed E-state index contributed by atoms with van der Waals surface area (Å²) < 4.78 is 0. The van der Waals surface area contributed by atoms with E-state index in [1.807, 2.05) is 17.5 Å². The lowest BCUT2D eigenvalue weighted by atomic mass is 9.94. The first-order valence-electron chi connectivity index (χ1n) is 9.84. The number of amides is 2. The number of likely N-dealkylation sites (N-methyl/N-ethyl adjacent to an activating group) is 1. The van der Waals surface area contributed by atoms with Crippen LogP contribution in [0.4, 0.5) is 0 Å². The van der Waals surface area contributed by atoms with E-state index in [1.54, 1.807) is 16.2 Å². The monoisotopic (exact) mass is 373 g/mol. The van der Waals surface area contributed by atoms with E-state index in [0.717, 1.165) is 63.3 Å². The van der Waals surface area contributed by atoms with Crippen molar-refractivity contribution >= 4 is 28.7 Å². The minimum absolute atomic E-state index is 0.0600. The molecule has 0 N–H and O–H groups in total. The normalized spacial score (nSPS) is 23.4. The first kappa shape index (κ1) is 17.7. The Morgan fingerprint density at radius 2 is 1.77 bits per heavy atom. The molecule has 0 bridgehead atoms. The SMILES string of the molecule is CCN1CCN(C2=C(c3cccs3)C(=O)N(C3CCCCC3)C2=O)CC1. The van der Waals surface area contributed by atoms with Crippen molar-refractivity contribution in [2.75, 3.05) is 32.7 Å². The van der Waals surface area contributed by atoms with E-state index in [-0.39, 0.29) is 17.9 Å². The van der Waals surface area contributed by atoms with Gasteiger partial charge in [-0.05, 0) is 30.8 Å². The molecule has 0 spiro atoms. The van der Waals surface area contributed by atoms with Crippen LogP contribution < -0.4 is 0 Å². The second-order valence-electron chi connectivity index (χ2n) is 7.39. The zero-order valence-corrected chi connectivity index (χ0v) is 16.3. The Morgan fingerprint density at radius 3 is 2.38 bits per heavy atom. The molecular formula is C20H27N3O2S. The summed E-state index contributed by atoms with van der Waals surface area (Å²) in [4.78, 5) is 33.7. The number of thiophene rings is 1. The highest BCUT2D eigenvalue weighted by atomic mass is 32.1. The van der Waals surface area contributed by atoms with Crippen LogP contribution >= 0.6 is 11.3 Å². The maximum Gasteiger partial charge on any atom is 0.278 e. The van der Waals surface area contributed by atoms with Crippen LogP contribution in [-0.2, 0) is 9.59 Å². The van der Waals surface area contributed by atoms with Gasteiger partial charge in [-0.3, -0.25) is 14.5 Å². The van der Waals surface area contributed by atoms with E-state index < -0.39 is 0 Å². The van der Waals surface area contributed by atoms with Crippen molar-refractivity contribution in [2.45, 2.75) is 45.1 Å². The number of imide groups is 1. The zero-order chi connectivity index (χ0) is 18.1. The molecule has 2 fully saturated rings. The summed E-state index contributed by atoms with van der Waals surface area (Å²) >= 11 is 1.55. The molecule has 140 valence electrons. The summed E-state index contributed by atoms with van der Waals surface area (Å²) in [6, 6.07) is 4.01. The Morgan fingerprint density at radius 1 is 1.04 bits per heavy atom. The van der Waals surface area contributed by atoms with E-state index in [1.165, 1.54) is 6.42 Å². The minimum atomic E-state index is -0.0720. The third-order valence-corrected chi connectivity index (χ3v) is 6.82. The van der Waals surface area contributed by atoms with Gasteiger partial charge in [-0.1, -0.05) is 32.3 Å². The minimum Gasteiger partial charge on any atom is -0.364 e. The molecule has 1 aliphatic carbocycles. The number of piperazine rings is 1. The molecule has 3 aliphatic rings. The largest absolute Gasteiger partial charge is 0.364 e. The van der Waals surface area contributed by atoms with Crippen LogP contribution in [0.15, 0.2) is 23.2 Å². The quantitative estimate of drug-likeness (QED) is 0.762. The molecule has 0 radical (unpaired) electrons. The van der Waals surface area contributed by atoms with Gasteiger partial charge in [0.2, 0.25) is 0 Å². The van der Waals surface area contributed by atoms with Crippen LogP contribution in [0, 0.1) is 0 Å². The predicted molar refractivity (Wildman–Crippen MR) is 104 cm³/mol. The van der Waals surface area contributed by atoms with Gasteiger partial charge in [-0.15, -0.1) is 11.3 Å². The average Bonchev–Trinajstić information content (AvgIpc) is 3.29. The molecule has 3 heterocycles. The van der Waals surface area contributed by atoms with Gasteiger partial charge in [-0.25, -0.2) is 0 Å². The van der Waals surface area contributed by atoms with Gasteiger partial charge in [-0.2, -0.15) is 0 Å². The Kier molecular flexibility index (Phi) is 5.14. The molecule has 1 aromatic rings. The molecule has 1 aromatic heterocycles. The molecule has 0 aromatic carbocycles. The van der Waals surface area contributed by atoms with Crippen LogP contribution in [0.1, 0.15) is 43.9 Å². The maximum absolute atomic E-state index is 13.4. The molecular weight excluding hydrogens is 346 g/mol. The average molecular weight is 374 g/mol. The molecule has 1 saturated carbocycles. The van der Waals surface area contributed by atoms with E-state index in [9.17, 15) is 9.59 Å². The Bertz CT molecular complexity index is 699. The Labute approximate surface area is 159 Å². The lowest BCUT2D eigenvalue weighted by Crippen LogP contribution is -2.48. The summed E-state index contributed by atoms with van der Waals surface area (Å²) in [7, 11) is 0. The predicted octanol–water partition coefficient (Wildman–Crippen LogP) is 2.80. The summed E-state index contributed by atoms with van der Waals surface area (Å²) in [5.41, 5.74) is 1.29. The van der Waals surface area contributed by atoms with Crippen LogP contribution in [0.25, 0.3) is 5.57 Å². The van der Waals surface area contributed by atoms with Gasteiger partial charge in [0.15, 0.2) is 0 Å². The number of hydrogen-bond acceptors (Lipinski definition) is 5. The van der Waals surface area contributed by atoms with Gasteiger partial charge in [0.05, 0.1) is 5.57 Å². The standard InChI is InChI=1S/C20H27N3O2S/c1-2-21-10-12-22(13-11-21)18-17(16-9-6-14-26-16)19(24)23(20(18)25)15-7-4-3-5-8-15/h6,9,14-15H,2-5,7-8,10-13H2,1H3. The topological polar surface area (TPSA) is 43.9 Å². The van der Waals surface area contributed by atoms with Crippen molar-refractivity contribution in [3.05, 3.63) is 28.1 Å². The van der Waals surface area contributed by atoms with Crippen molar-refractivity contribution in [2.24, 2.45) is 0 Å². The van der Waals surface area contributed by atoms with Crippen LogP contribution in [0.5, 0.6) is 0 Å². The fourth-order valence-corrected chi connectivity index (χ4v) is 5.19. The number of carbonyl (C=O) groups excluding carboxylic acids is 2. The highest BCUT2D eigenvalue weighted by molar-refractivity contribution is 7.11. The molecule has 2 amide bonds. The summed E-state index contributed by atoms with van der Waals surface area (Å²) in [6.07, 6.45) is 5.34. The summed E-state index contributed by atoms with van der Waals surface area (Å²) in [5, 5.41) is 1.98. The first-order chi connectivity index (χ1) is 12.7. The van der Waals surface area contributed by atoms with Crippen LogP contribution in [-0.4, -0.2) is 65.3 Å². The number of hydrogen-bond donors (Lipinski definition) is 0. The molecule has 1 saturated heterocycles. The smallest absolute Gasteiger partial charge is 0.278 e. The maximum atomic E-state index is 13.4. The van der Waals surface area contributed by atoms with Gasteiger partial charge in [0, 0.05) is 37.1 Å². The van der Waals surface area contributed by atoms with Crippen molar-refractivity contribution in [1.29, 1.82) is 0 Å². The number of nitrogens with zero attached hydrogens (tertiary/aromatic N) is 3. The lowest BCUT2D eigenvalue weighted by Gasteiger charge is -2.36. The molecule has 2 aliphatic heterocycles. The van der Waals surface area contributed by atoms with Crippen molar-refractivity contribution in [3.63, 3.8) is 0 Å². The zero-order valence-electron chi connectivity index (χ0n) is 15.4.